The minimum Gasteiger partial charge on any atom is -0.364 e. The number of ketones is 1. The Labute approximate surface area is 93.4 Å². The van der Waals surface area contributed by atoms with Gasteiger partial charge in [0.05, 0.1) is 0 Å². The molecule has 5 nitrogen and oxygen atoms in total. The number of nitrogens with zero attached hydrogens (tertiary/aromatic N) is 2. The molecule has 0 aliphatic heterocycles. The van der Waals surface area contributed by atoms with Crippen LogP contribution in [0.4, 0.5) is 0 Å². The molecule has 0 bridgehead atoms. The van der Waals surface area contributed by atoms with Gasteiger partial charge in [-0.2, -0.15) is 0 Å². The van der Waals surface area contributed by atoms with E-state index in [1.807, 2.05) is 0 Å². The van der Waals surface area contributed by atoms with Crippen molar-refractivity contribution in [2.45, 2.75) is 31.7 Å². The van der Waals surface area contributed by atoms with E-state index >= 15 is 0 Å². The second-order valence-corrected chi connectivity index (χ2v) is 4.07. The van der Waals surface area contributed by atoms with Crippen molar-refractivity contribution < 1.29 is 14.1 Å². The van der Waals surface area contributed by atoms with Crippen molar-refractivity contribution in [1.82, 2.24) is 10.1 Å². The zero-order chi connectivity index (χ0) is 11.5. The van der Waals surface area contributed by atoms with Gasteiger partial charge >= 0.3 is 0 Å². The lowest BCUT2D eigenvalue weighted by molar-refractivity contribution is -0.121. The fourth-order valence-corrected chi connectivity index (χ4v) is 1.98. The van der Waals surface area contributed by atoms with Gasteiger partial charge in [0.2, 0.25) is 0 Å². The molecule has 0 radical (unpaired) electrons. The maximum Gasteiger partial charge on any atom is 0.276 e. The van der Waals surface area contributed by atoms with E-state index in [-0.39, 0.29) is 11.9 Å². The Kier molecular flexibility index (Phi) is 3.03. The number of Topliss-reactive ketones (excluding diaryl/α,β-unsaturated/α-hetero) is 1. The fraction of sp³-hybridized carbons (Fsp3) is 0.545. The number of aromatic nitrogens is 1. The van der Waals surface area contributed by atoms with E-state index in [1.165, 1.54) is 6.26 Å². The zero-order valence-electron chi connectivity index (χ0n) is 9.18. The van der Waals surface area contributed by atoms with E-state index in [0.717, 1.165) is 12.8 Å². The van der Waals surface area contributed by atoms with Gasteiger partial charge in [-0.05, 0) is 12.8 Å². The molecule has 0 aromatic carbocycles. The molecule has 0 saturated heterocycles. The lowest BCUT2D eigenvalue weighted by Gasteiger charge is -2.30. The smallest absolute Gasteiger partial charge is 0.276 e. The predicted octanol–water partition coefficient (Wildman–Crippen LogP) is 1.26. The summed E-state index contributed by atoms with van der Waals surface area (Å²) in [5.74, 6) is 0.145. The Bertz CT molecular complexity index is 376. The number of carbonyl (C=O) groups is 2. The van der Waals surface area contributed by atoms with E-state index in [9.17, 15) is 9.59 Å². The summed E-state index contributed by atoms with van der Waals surface area (Å²) in [5.41, 5.74) is 0.319. The van der Waals surface area contributed by atoms with Crippen molar-refractivity contribution in [2.24, 2.45) is 0 Å². The highest BCUT2D eigenvalue weighted by molar-refractivity contribution is 5.92. The summed E-state index contributed by atoms with van der Waals surface area (Å²) in [6, 6.07) is 1.69. The minimum atomic E-state index is -0.145. The van der Waals surface area contributed by atoms with Gasteiger partial charge in [0, 0.05) is 32.0 Å². The minimum absolute atomic E-state index is 0.141. The first-order valence-corrected chi connectivity index (χ1v) is 5.37. The van der Waals surface area contributed by atoms with Crippen LogP contribution in [0, 0.1) is 0 Å². The second kappa shape index (κ2) is 4.47. The highest BCUT2D eigenvalue weighted by Crippen LogP contribution is 2.20. The second-order valence-electron chi connectivity index (χ2n) is 4.07. The number of amides is 1. The van der Waals surface area contributed by atoms with Crippen LogP contribution in [0.15, 0.2) is 16.9 Å². The maximum absolute atomic E-state index is 11.9. The first kappa shape index (κ1) is 10.9. The van der Waals surface area contributed by atoms with Crippen LogP contribution < -0.4 is 0 Å². The monoisotopic (exact) mass is 222 g/mol. The molecule has 86 valence electrons. The van der Waals surface area contributed by atoms with E-state index in [2.05, 4.69) is 9.68 Å². The molecule has 0 unspecified atom stereocenters. The molecule has 1 aromatic heterocycles. The van der Waals surface area contributed by atoms with Crippen molar-refractivity contribution in [2.75, 3.05) is 7.05 Å². The van der Waals surface area contributed by atoms with Crippen molar-refractivity contribution in [3.8, 4) is 0 Å². The number of hydrogen-bond acceptors (Lipinski definition) is 4. The van der Waals surface area contributed by atoms with Gasteiger partial charge in [-0.3, -0.25) is 9.59 Å². The third-order valence-electron chi connectivity index (χ3n) is 3.04. The first-order valence-electron chi connectivity index (χ1n) is 5.37. The van der Waals surface area contributed by atoms with E-state index in [0.29, 0.717) is 24.3 Å². The number of carbonyl (C=O) groups excluding carboxylic acids is 2. The molecule has 16 heavy (non-hydrogen) atoms. The summed E-state index contributed by atoms with van der Waals surface area (Å²) in [6.45, 7) is 0. The van der Waals surface area contributed by atoms with Crippen LogP contribution in [0.25, 0.3) is 0 Å². The van der Waals surface area contributed by atoms with Crippen LogP contribution in [0.3, 0.4) is 0 Å². The molecule has 1 saturated carbocycles. The molecule has 2 rings (SSSR count). The van der Waals surface area contributed by atoms with E-state index in [1.54, 1.807) is 18.0 Å². The molecule has 1 fully saturated rings. The van der Waals surface area contributed by atoms with Gasteiger partial charge in [-0.25, -0.2) is 0 Å². The van der Waals surface area contributed by atoms with Crippen LogP contribution in [0.2, 0.25) is 0 Å². The summed E-state index contributed by atoms with van der Waals surface area (Å²) < 4.78 is 4.64. The molecular formula is C11H14N2O3. The Morgan fingerprint density at radius 1 is 1.50 bits per heavy atom. The number of hydrogen-bond donors (Lipinski definition) is 0. The van der Waals surface area contributed by atoms with Gasteiger partial charge in [-0.1, -0.05) is 5.16 Å². The van der Waals surface area contributed by atoms with Crippen molar-refractivity contribution in [3.05, 3.63) is 18.0 Å². The van der Waals surface area contributed by atoms with Crippen molar-refractivity contribution in [1.29, 1.82) is 0 Å². The van der Waals surface area contributed by atoms with Gasteiger partial charge in [0.25, 0.3) is 5.91 Å². The van der Waals surface area contributed by atoms with Crippen molar-refractivity contribution >= 4 is 11.7 Å². The third-order valence-corrected chi connectivity index (χ3v) is 3.04. The molecule has 1 aliphatic rings. The van der Waals surface area contributed by atoms with Crippen molar-refractivity contribution in [3.63, 3.8) is 0 Å². The highest BCUT2D eigenvalue weighted by atomic mass is 16.5. The predicted molar refractivity (Wildman–Crippen MR) is 55.9 cm³/mol. The topological polar surface area (TPSA) is 63.4 Å². The lowest BCUT2D eigenvalue weighted by atomic mass is 9.93. The molecular weight excluding hydrogens is 208 g/mol. The number of rotatable bonds is 2. The zero-order valence-corrected chi connectivity index (χ0v) is 9.18. The van der Waals surface area contributed by atoms with E-state index < -0.39 is 0 Å². The maximum atomic E-state index is 11.9. The largest absolute Gasteiger partial charge is 0.364 e. The standard InChI is InChI=1S/C11H14N2O3/c1-13(8-2-4-9(14)5-3-8)11(15)10-6-7-16-12-10/h6-8H,2-5H2,1H3. The SMILES string of the molecule is CN(C(=O)c1ccon1)C1CCC(=O)CC1. The molecule has 1 amide bonds. The Hall–Kier alpha value is -1.65. The van der Waals surface area contributed by atoms with Gasteiger partial charge in [0.15, 0.2) is 5.69 Å². The molecule has 1 aliphatic carbocycles. The summed E-state index contributed by atoms with van der Waals surface area (Å²) >= 11 is 0. The average Bonchev–Trinajstić information content (AvgIpc) is 2.81. The summed E-state index contributed by atoms with van der Waals surface area (Å²) in [5, 5.41) is 3.61. The molecule has 0 spiro atoms. The van der Waals surface area contributed by atoms with Crippen LogP contribution >= 0.6 is 0 Å². The summed E-state index contributed by atoms with van der Waals surface area (Å²) in [4.78, 5) is 24.7. The molecule has 5 heteroatoms. The average molecular weight is 222 g/mol. The summed E-state index contributed by atoms with van der Waals surface area (Å²) in [6.07, 6.45) is 4.02. The Balaban J connectivity index is 1.99. The quantitative estimate of drug-likeness (QED) is 0.755. The van der Waals surface area contributed by atoms with Crippen LogP contribution in [0.5, 0.6) is 0 Å². The van der Waals surface area contributed by atoms with Gasteiger partial charge in [-0.15, -0.1) is 0 Å². The summed E-state index contributed by atoms with van der Waals surface area (Å²) in [7, 11) is 1.75. The van der Waals surface area contributed by atoms with Crippen LogP contribution in [-0.4, -0.2) is 34.8 Å². The van der Waals surface area contributed by atoms with Gasteiger partial charge in [0.1, 0.15) is 12.0 Å². The first-order chi connectivity index (χ1) is 7.68. The van der Waals surface area contributed by atoms with Gasteiger partial charge < -0.3 is 9.42 Å². The van der Waals surface area contributed by atoms with E-state index in [4.69, 9.17) is 0 Å². The van der Waals surface area contributed by atoms with Crippen LogP contribution in [-0.2, 0) is 4.79 Å². The third kappa shape index (κ3) is 2.13. The molecule has 0 atom stereocenters. The molecule has 1 aromatic rings. The highest BCUT2D eigenvalue weighted by Gasteiger charge is 2.26. The molecule has 0 N–H and O–H groups in total. The molecule has 1 heterocycles. The van der Waals surface area contributed by atoms with Crippen LogP contribution in [0.1, 0.15) is 36.2 Å². The lowest BCUT2D eigenvalue weighted by Crippen LogP contribution is -2.39. The fourth-order valence-electron chi connectivity index (χ4n) is 1.98. The normalized spacial score (nSPS) is 17.4. The Morgan fingerprint density at radius 2 is 2.19 bits per heavy atom. The Morgan fingerprint density at radius 3 is 2.75 bits per heavy atom.